The van der Waals surface area contributed by atoms with E-state index in [9.17, 15) is 12.8 Å². The molecular formula is C14H20FNO2S. The Bertz CT molecular complexity index is 507. The Labute approximate surface area is 114 Å². The van der Waals surface area contributed by atoms with E-state index in [2.05, 4.69) is 5.32 Å². The average molecular weight is 285 g/mol. The first kappa shape index (κ1) is 14.5. The van der Waals surface area contributed by atoms with E-state index in [1.165, 1.54) is 24.0 Å². The molecule has 1 fully saturated rings. The number of nitrogens with one attached hydrogen (secondary N) is 1. The highest BCUT2D eigenvalue weighted by Gasteiger charge is 2.29. The van der Waals surface area contributed by atoms with Crippen molar-refractivity contribution in [1.82, 2.24) is 5.32 Å². The molecule has 0 bridgehead atoms. The zero-order chi connectivity index (χ0) is 13.9. The Morgan fingerprint density at radius 1 is 1.26 bits per heavy atom. The van der Waals surface area contributed by atoms with E-state index in [0.717, 1.165) is 19.4 Å². The lowest BCUT2D eigenvalue weighted by Gasteiger charge is -2.36. The summed E-state index contributed by atoms with van der Waals surface area (Å²) >= 11 is 0. The summed E-state index contributed by atoms with van der Waals surface area (Å²) in [5.74, 6) is 0.556. The van der Waals surface area contributed by atoms with Crippen molar-refractivity contribution in [3.8, 4) is 0 Å². The van der Waals surface area contributed by atoms with Gasteiger partial charge in [0.25, 0.3) is 0 Å². The minimum atomic E-state index is -2.84. The Morgan fingerprint density at radius 2 is 1.89 bits per heavy atom. The molecule has 1 saturated carbocycles. The van der Waals surface area contributed by atoms with Gasteiger partial charge in [0.15, 0.2) is 0 Å². The maximum Gasteiger partial charge on any atom is 0.147 e. The SMILES string of the molecule is CS(=O)(=O)CCCNC1CC(c2ccc(F)cc2)C1. The number of halogens is 1. The molecule has 1 aliphatic carbocycles. The molecule has 0 radical (unpaired) electrons. The van der Waals surface area contributed by atoms with Gasteiger partial charge >= 0.3 is 0 Å². The second kappa shape index (κ2) is 6.01. The molecule has 0 heterocycles. The van der Waals surface area contributed by atoms with Crippen molar-refractivity contribution in [2.75, 3.05) is 18.6 Å². The molecule has 0 aromatic heterocycles. The predicted octanol–water partition coefficient (Wildman–Crippen LogP) is 2.10. The lowest BCUT2D eigenvalue weighted by molar-refractivity contribution is 0.292. The van der Waals surface area contributed by atoms with Crippen molar-refractivity contribution in [2.45, 2.75) is 31.2 Å². The summed E-state index contributed by atoms with van der Waals surface area (Å²) in [5.41, 5.74) is 1.19. The van der Waals surface area contributed by atoms with Crippen molar-refractivity contribution in [3.05, 3.63) is 35.6 Å². The highest BCUT2D eigenvalue weighted by atomic mass is 32.2. The van der Waals surface area contributed by atoms with Crippen LogP contribution < -0.4 is 5.32 Å². The molecule has 106 valence electrons. The fraction of sp³-hybridized carbons (Fsp3) is 0.571. The van der Waals surface area contributed by atoms with E-state index in [0.29, 0.717) is 18.4 Å². The van der Waals surface area contributed by atoms with Crippen LogP contribution in [0.1, 0.15) is 30.7 Å². The molecule has 2 rings (SSSR count). The van der Waals surface area contributed by atoms with Gasteiger partial charge in [0.1, 0.15) is 15.7 Å². The molecule has 3 nitrogen and oxygen atoms in total. The summed E-state index contributed by atoms with van der Waals surface area (Å²) < 4.78 is 34.7. The van der Waals surface area contributed by atoms with Gasteiger partial charge in [-0.2, -0.15) is 0 Å². The van der Waals surface area contributed by atoms with Gasteiger partial charge in [0, 0.05) is 12.3 Å². The largest absolute Gasteiger partial charge is 0.314 e. The molecule has 0 aliphatic heterocycles. The van der Waals surface area contributed by atoms with Crippen LogP contribution in [0, 0.1) is 5.82 Å². The number of sulfone groups is 1. The fourth-order valence-corrected chi connectivity index (χ4v) is 3.10. The minimum Gasteiger partial charge on any atom is -0.314 e. The normalized spacial score (nSPS) is 23.1. The number of benzene rings is 1. The van der Waals surface area contributed by atoms with Gasteiger partial charge in [-0.05, 0) is 49.4 Å². The van der Waals surface area contributed by atoms with Crippen LogP contribution in [0.4, 0.5) is 4.39 Å². The first-order valence-corrected chi connectivity index (χ1v) is 8.67. The van der Waals surface area contributed by atoms with Crippen LogP contribution in [0.2, 0.25) is 0 Å². The quantitative estimate of drug-likeness (QED) is 0.814. The first-order valence-electron chi connectivity index (χ1n) is 6.60. The van der Waals surface area contributed by atoms with Gasteiger partial charge in [-0.3, -0.25) is 0 Å². The Kier molecular flexibility index (Phi) is 4.58. The summed E-state index contributed by atoms with van der Waals surface area (Å²) in [6, 6.07) is 7.17. The zero-order valence-electron chi connectivity index (χ0n) is 11.1. The van der Waals surface area contributed by atoms with E-state index in [1.807, 2.05) is 12.1 Å². The van der Waals surface area contributed by atoms with Crippen molar-refractivity contribution in [3.63, 3.8) is 0 Å². The summed E-state index contributed by atoms with van der Waals surface area (Å²) in [5, 5.41) is 3.36. The molecule has 0 atom stereocenters. The molecule has 19 heavy (non-hydrogen) atoms. The molecule has 0 unspecified atom stereocenters. The second-order valence-electron chi connectivity index (χ2n) is 5.35. The molecule has 1 aromatic rings. The van der Waals surface area contributed by atoms with Crippen molar-refractivity contribution >= 4 is 9.84 Å². The Hall–Kier alpha value is -0.940. The molecule has 1 aromatic carbocycles. The first-order chi connectivity index (χ1) is 8.94. The minimum absolute atomic E-state index is 0.196. The maximum atomic E-state index is 12.8. The van der Waals surface area contributed by atoms with Crippen LogP contribution in [0.5, 0.6) is 0 Å². The van der Waals surface area contributed by atoms with Crippen molar-refractivity contribution in [1.29, 1.82) is 0 Å². The second-order valence-corrected chi connectivity index (χ2v) is 7.61. The molecule has 1 aliphatic rings. The highest BCUT2D eigenvalue weighted by molar-refractivity contribution is 7.90. The molecule has 1 N–H and O–H groups in total. The van der Waals surface area contributed by atoms with Crippen LogP contribution in [0.15, 0.2) is 24.3 Å². The molecule has 0 spiro atoms. The Morgan fingerprint density at radius 3 is 2.47 bits per heavy atom. The van der Waals surface area contributed by atoms with E-state index in [1.54, 1.807) is 0 Å². The molecule has 0 amide bonds. The third kappa shape index (κ3) is 4.58. The maximum absolute atomic E-state index is 12.8. The van der Waals surface area contributed by atoms with Gasteiger partial charge in [0.2, 0.25) is 0 Å². The topological polar surface area (TPSA) is 46.2 Å². The Balaban J connectivity index is 1.65. The monoisotopic (exact) mass is 285 g/mol. The van der Waals surface area contributed by atoms with Gasteiger partial charge in [0.05, 0.1) is 5.75 Å². The fourth-order valence-electron chi connectivity index (χ4n) is 2.43. The van der Waals surface area contributed by atoms with E-state index in [-0.39, 0.29) is 11.6 Å². The van der Waals surface area contributed by atoms with E-state index >= 15 is 0 Å². The highest BCUT2D eigenvalue weighted by Crippen LogP contribution is 2.36. The number of hydrogen-bond donors (Lipinski definition) is 1. The standard InChI is InChI=1S/C14H20FNO2S/c1-19(17,18)8-2-7-16-14-9-12(10-14)11-3-5-13(15)6-4-11/h3-6,12,14,16H,2,7-10H2,1H3. The van der Waals surface area contributed by atoms with Crippen LogP contribution in [-0.2, 0) is 9.84 Å². The van der Waals surface area contributed by atoms with Crippen LogP contribution >= 0.6 is 0 Å². The van der Waals surface area contributed by atoms with E-state index < -0.39 is 9.84 Å². The molecule has 0 saturated heterocycles. The van der Waals surface area contributed by atoms with E-state index in [4.69, 9.17) is 0 Å². The summed E-state index contributed by atoms with van der Waals surface area (Å²) in [6.45, 7) is 0.744. The van der Waals surface area contributed by atoms with Gasteiger partial charge in [-0.15, -0.1) is 0 Å². The molecule has 5 heteroatoms. The van der Waals surface area contributed by atoms with Gasteiger partial charge in [-0.1, -0.05) is 12.1 Å². The average Bonchev–Trinajstić information content (AvgIpc) is 2.27. The zero-order valence-corrected chi connectivity index (χ0v) is 11.9. The predicted molar refractivity (Wildman–Crippen MR) is 74.5 cm³/mol. The van der Waals surface area contributed by atoms with Crippen LogP contribution in [0.3, 0.4) is 0 Å². The molecular weight excluding hydrogens is 265 g/mol. The van der Waals surface area contributed by atoms with Gasteiger partial charge < -0.3 is 5.32 Å². The summed E-state index contributed by atoms with van der Waals surface area (Å²) in [7, 11) is -2.84. The lowest BCUT2D eigenvalue weighted by Crippen LogP contribution is -2.40. The summed E-state index contributed by atoms with van der Waals surface area (Å²) in [6.07, 6.45) is 4.02. The number of rotatable bonds is 6. The summed E-state index contributed by atoms with van der Waals surface area (Å²) in [4.78, 5) is 0. The van der Waals surface area contributed by atoms with Gasteiger partial charge in [-0.25, -0.2) is 12.8 Å². The van der Waals surface area contributed by atoms with Crippen molar-refractivity contribution < 1.29 is 12.8 Å². The third-order valence-corrected chi connectivity index (χ3v) is 4.63. The number of hydrogen-bond acceptors (Lipinski definition) is 3. The van der Waals surface area contributed by atoms with Crippen LogP contribution in [-0.4, -0.2) is 33.0 Å². The van der Waals surface area contributed by atoms with Crippen molar-refractivity contribution in [2.24, 2.45) is 0 Å². The third-order valence-electron chi connectivity index (χ3n) is 3.60. The smallest absolute Gasteiger partial charge is 0.147 e. The lowest BCUT2D eigenvalue weighted by atomic mass is 9.76. The van der Waals surface area contributed by atoms with Crippen LogP contribution in [0.25, 0.3) is 0 Å².